The second-order valence-electron chi connectivity index (χ2n) is 5.03. The second kappa shape index (κ2) is 5.09. The Hall–Kier alpha value is -2.14. The molecule has 1 fully saturated rings. The first kappa shape index (κ1) is 12.9. The van der Waals surface area contributed by atoms with E-state index in [-0.39, 0.29) is 5.91 Å². The highest BCUT2D eigenvalue weighted by Gasteiger charge is 2.23. The van der Waals surface area contributed by atoms with E-state index in [1.54, 1.807) is 0 Å². The Morgan fingerprint density at radius 2 is 2.15 bits per heavy atom. The molecule has 5 heteroatoms. The summed E-state index contributed by atoms with van der Waals surface area (Å²) in [6, 6.07) is 9.51. The molecule has 1 aliphatic rings. The van der Waals surface area contributed by atoms with Crippen LogP contribution >= 0.6 is 0 Å². The van der Waals surface area contributed by atoms with Crippen LogP contribution in [0, 0.1) is 0 Å². The maximum atomic E-state index is 12.6. The zero-order chi connectivity index (χ0) is 14.1. The van der Waals surface area contributed by atoms with Crippen molar-refractivity contribution in [3.8, 4) is 0 Å². The van der Waals surface area contributed by atoms with E-state index < -0.39 is 0 Å². The van der Waals surface area contributed by atoms with Crippen molar-refractivity contribution in [2.24, 2.45) is 0 Å². The fourth-order valence-electron chi connectivity index (χ4n) is 2.31. The third kappa shape index (κ3) is 2.20. The zero-order valence-corrected chi connectivity index (χ0v) is 11.7. The van der Waals surface area contributed by atoms with Crippen LogP contribution in [0.2, 0.25) is 0 Å². The van der Waals surface area contributed by atoms with Gasteiger partial charge in [-0.25, -0.2) is 10.0 Å². The van der Waals surface area contributed by atoms with Crippen molar-refractivity contribution in [2.45, 2.75) is 6.42 Å². The number of aromatic nitrogens is 1. The van der Waals surface area contributed by atoms with E-state index in [0.717, 1.165) is 23.1 Å². The van der Waals surface area contributed by atoms with Gasteiger partial charge in [-0.2, -0.15) is 0 Å². The summed E-state index contributed by atoms with van der Waals surface area (Å²) < 4.78 is 0. The fourth-order valence-corrected chi connectivity index (χ4v) is 2.31. The van der Waals surface area contributed by atoms with Crippen LogP contribution in [0.4, 0.5) is 5.82 Å². The molecule has 1 saturated heterocycles. The summed E-state index contributed by atoms with van der Waals surface area (Å²) in [5.74, 6) is 0.676. The molecule has 0 unspecified atom stereocenters. The van der Waals surface area contributed by atoms with Gasteiger partial charge in [-0.1, -0.05) is 18.2 Å². The molecular weight excluding hydrogens is 254 g/mol. The average Bonchev–Trinajstić information content (AvgIpc) is 2.99. The number of pyridine rings is 1. The molecule has 0 saturated carbocycles. The molecule has 104 valence electrons. The summed E-state index contributed by atoms with van der Waals surface area (Å²) in [5.41, 5.74) is 1.46. The van der Waals surface area contributed by atoms with Crippen molar-refractivity contribution in [2.75, 3.05) is 32.1 Å². The minimum Gasteiger partial charge on any atom is -0.363 e. The van der Waals surface area contributed by atoms with Gasteiger partial charge in [0.1, 0.15) is 5.82 Å². The van der Waals surface area contributed by atoms with Gasteiger partial charge in [0.2, 0.25) is 0 Å². The molecule has 0 radical (unpaired) electrons. The minimum atomic E-state index is -0.0933. The SMILES string of the molecule is CN(C)c1cc(C(=O)N2CCCO2)c2ccccc2n1. The number of hydrogen-bond acceptors (Lipinski definition) is 4. The zero-order valence-electron chi connectivity index (χ0n) is 11.7. The van der Waals surface area contributed by atoms with Gasteiger partial charge in [0.05, 0.1) is 24.2 Å². The number of fused-ring (bicyclic) bond motifs is 1. The van der Waals surface area contributed by atoms with Gasteiger partial charge in [-0.05, 0) is 18.6 Å². The van der Waals surface area contributed by atoms with Crippen LogP contribution in [0.5, 0.6) is 0 Å². The molecule has 1 aliphatic heterocycles. The second-order valence-corrected chi connectivity index (χ2v) is 5.03. The predicted molar refractivity (Wildman–Crippen MR) is 77.7 cm³/mol. The van der Waals surface area contributed by atoms with Gasteiger partial charge in [-0.15, -0.1) is 0 Å². The van der Waals surface area contributed by atoms with Gasteiger partial charge in [-0.3, -0.25) is 9.63 Å². The Morgan fingerprint density at radius 1 is 1.35 bits per heavy atom. The van der Waals surface area contributed by atoms with Gasteiger partial charge in [0.15, 0.2) is 0 Å². The van der Waals surface area contributed by atoms with Crippen molar-refractivity contribution in [3.63, 3.8) is 0 Å². The first-order valence-electron chi connectivity index (χ1n) is 6.69. The quantitative estimate of drug-likeness (QED) is 0.839. The summed E-state index contributed by atoms with van der Waals surface area (Å²) in [6.07, 6.45) is 0.884. The van der Waals surface area contributed by atoms with Crippen molar-refractivity contribution in [1.29, 1.82) is 0 Å². The minimum absolute atomic E-state index is 0.0933. The molecule has 0 bridgehead atoms. The lowest BCUT2D eigenvalue weighted by atomic mass is 10.1. The first-order valence-corrected chi connectivity index (χ1v) is 6.69. The number of hydrogen-bond donors (Lipinski definition) is 0. The fraction of sp³-hybridized carbons (Fsp3) is 0.333. The largest absolute Gasteiger partial charge is 0.363 e. The number of benzene rings is 1. The Labute approximate surface area is 117 Å². The Kier molecular flexibility index (Phi) is 3.28. The van der Waals surface area contributed by atoms with Crippen LogP contribution in [0.1, 0.15) is 16.8 Å². The van der Waals surface area contributed by atoms with E-state index in [2.05, 4.69) is 4.98 Å². The predicted octanol–water partition coefficient (Wildman–Crippen LogP) is 2.08. The standard InChI is InChI=1S/C15H17N3O2/c1-17(2)14-10-12(15(19)18-8-5-9-20-18)11-6-3-4-7-13(11)16-14/h3-4,6-7,10H,5,8-9H2,1-2H3. The van der Waals surface area contributed by atoms with Crippen LogP contribution in [0.15, 0.2) is 30.3 Å². The van der Waals surface area contributed by atoms with Crippen LogP contribution in [-0.2, 0) is 4.84 Å². The summed E-state index contributed by atoms with van der Waals surface area (Å²) in [7, 11) is 3.83. The summed E-state index contributed by atoms with van der Waals surface area (Å²) in [6.45, 7) is 1.25. The maximum Gasteiger partial charge on any atom is 0.278 e. The topological polar surface area (TPSA) is 45.7 Å². The molecule has 5 nitrogen and oxygen atoms in total. The smallest absolute Gasteiger partial charge is 0.278 e. The van der Waals surface area contributed by atoms with E-state index in [9.17, 15) is 4.79 Å². The highest BCUT2D eigenvalue weighted by atomic mass is 16.7. The Morgan fingerprint density at radius 3 is 2.85 bits per heavy atom. The van der Waals surface area contributed by atoms with Crippen LogP contribution < -0.4 is 4.90 Å². The van der Waals surface area contributed by atoms with Gasteiger partial charge in [0.25, 0.3) is 5.91 Å². The number of carbonyl (C=O) groups excluding carboxylic acids is 1. The lowest BCUT2D eigenvalue weighted by molar-refractivity contribution is -0.0767. The molecular formula is C15H17N3O2. The molecule has 0 aliphatic carbocycles. The molecule has 3 rings (SSSR count). The molecule has 1 aromatic heterocycles. The normalized spacial score (nSPS) is 14.8. The summed E-state index contributed by atoms with van der Waals surface area (Å²) in [4.78, 5) is 24.4. The first-order chi connectivity index (χ1) is 9.66. The number of rotatable bonds is 2. The van der Waals surface area contributed by atoms with E-state index in [4.69, 9.17) is 4.84 Å². The third-order valence-electron chi connectivity index (χ3n) is 3.37. The third-order valence-corrected chi connectivity index (χ3v) is 3.37. The van der Waals surface area contributed by atoms with E-state index in [0.29, 0.717) is 18.7 Å². The van der Waals surface area contributed by atoms with Crippen molar-refractivity contribution >= 4 is 22.6 Å². The monoisotopic (exact) mass is 271 g/mol. The lowest BCUT2D eigenvalue weighted by Gasteiger charge is -2.18. The molecule has 20 heavy (non-hydrogen) atoms. The number of hydroxylamine groups is 2. The van der Waals surface area contributed by atoms with Crippen molar-refractivity contribution < 1.29 is 9.63 Å². The summed E-state index contributed by atoms with van der Waals surface area (Å²) >= 11 is 0. The number of anilines is 1. The molecule has 0 spiro atoms. The number of para-hydroxylation sites is 1. The Balaban J connectivity index is 2.14. The molecule has 1 aromatic carbocycles. The van der Waals surface area contributed by atoms with Crippen LogP contribution in [0.3, 0.4) is 0 Å². The Bertz CT molecular complexity index is 649. The maximum absolute atomic E-state index is 12.6. The number of nitrogens with zero attached hydrogens (tertiary/aromatic N) is 3. The number of carbonyl (C=O) groups is 1. The number of amides is 1. The van der Waals surface area contributed by atoms with Gasteiger partial charge < -0.3 is 4.90 Å². The van der Waals surface area contributed by atoms with E-state index in [1.165, 1.54) is 5.06 Å². The van der Waals surface area contributed by atoms with Gasteiger partial charge in [0, 0.05) is 19.5 Å². The average molecular weight is 271 g/mol. The van der Waals surface area contributed by atoms with Crippen molar-refractivity contribution in [1.82, 2.24) is 10.0 Å². The molecule has 2 aromatic rings. The molecule has 1 amide bonds. The molecule has 2 heterocycles. The highest BCUT2D eigenvalue weighted by molar-refractivity contribution is 6.06. The van der Waals surface area contributed by atoms with E-state index >= 15 is 0 Å². The molecule has 0 atom stereocenters. The van der Waals surface area contributed by atoms with Crippen LogP contribution in [-0.4, -0.2) is 43.2 Å². The summed E-state index contributed by atoms with van der Waals surface area (Å²) in [5, 5.41) is 2.31. The van der Waals surface area contributed by atoms with Crippen LogP contribution in [0.25, 0.3) is 10.9 Å². The molecule has 0 N–H and O–H groups in total. The lowest BCUT2D eigenvalue weighted by Crippen LogP contribution is -2.27. The highest BCUT2D eigenvalue weighted by Crippen LogP contribution is 2.24. The van der Waals surface area contributed by atoms with E-state index in [1.807, 2.05) is 49.3 Å². The van der Waals surface area contributed by atoms with Gasteiger partial charge >= 0.3 is 0 Å². The van der Waals surface area contributed by atoms with Crippen molar-refractivity contribution in [3.05, 3.63) is 35.9 Å².